The van der Waals surface area contributed by atoms with Crippen LogP contribution >= 0.6 is 0 Å². The van der Waals surface area contributed by atoms with Gasteiger partial charge < -0.3 is 10.5 Å². The third-order valence-corrected chi connectivity index (χ3v) is 3.99. The summed E-state index contributed by atoms with van der Waals surface area (Å²) in [5.74, 6) is -3.34. The van der Waals surface area contributed by atoms with Crippen LogP contribution in [0, 0.1) is 0 Å². The van der Waals surface area contributed by atoms with Crippen molar-refractivity contribution in [1.82, 2.24) is 4.31 Å². The fourth-order valence-electron chi connectivity index (χ4n) is 1.60. The molecule has 0 aromatic heterocycles. The number of hydrogen-bond donors (Lipinski definition) is 1. The Hall–Kier alpha value is -0.310. The lowest BCUT2D eigenvalue weighted by Crippen LogP contribution is -2.43. The molecular formula is C8H16F2N2O3S. The summed E-state index contributed by atoms with van der Waals surface area (Å²) in [5.41, 5.74) is 5.25. The highest BCUT2D eigenvalue weighted by atomic mass is 32.2. The Bertz CT molecular complexity index is 302. The Kier molecular flexibility index (Phi) is 5.03. The molecule has 0 unspecified atom stereocenters. The first-order valence-electron chi connectivity index (χ1n) is 5.07. The number of alkyl halides is 2. The van der Waals surface area contributed by atoms with Gasteiger partial charge in [0.05, 0.1) is 12.7 Å². The number of hydrogen-bond acceptors (Lipinski definition) is 4. The third kappa shape index (κ3) is 3.34. The zero-order chi connectivity index (χ0) is 12.2. The molecular weight excluding hydrogens is 242 g/mol. The molecule has 1 fully saturated rings. The van der Waals surface area contributed by atoms with Gasteiger partial charge in [0, 0.05) is 19.6 Å². The number of halogens is 2. The Morgan fingerprint density at radius 3 is 2.38 bits per heavy atom. The van der Waals surface area contributed by atoms with Crippen LogP contribution in [0.3, 0.4) is 0 Å². The molecule has 0 aromatic rings. The molecule has 0 amide bonds. The Balaban J connectivity index is 2.43. The van der Waals surface area contributed by atoms with Crippen molar-refractivity contribution in [3.05, 3.63) is 0 Å². The SMILES string of the molecule is NCCOC1CCN(S(=O)(=O)C(F)F)CC1. The van der Waals surface area contributed by atoms with Crippen molar-refractivity contribution in [3.63, 3.8) is 0 Å². The highest BCUT2D eigenvalue weighted by Crippen LogP contribution is 2.20. The van der Waals surface area contributed by atoms with Crippen molar-refractivity contribution in [2.24, 2.45) is 5.73 Å². The second-order valence-electron chi connectivity index (χ2n) is 3.56. The quantitative estimate of drug-likeness (QED) is 0.752. The molecule has 2 N–H and O–H groups in total. The molecule has 1 aliphatic heterocycles. The second-order valence-corrected chi connectivity index (χ2v) is 5.47. The van der Waals surface area contributed by atoms with Gasteiger partial charge in [-0.25, -0.2) is 8.42 Å². The molecule has 0 atom stereocenters. The smallest absolute Gasteiger partial charge is 0.350 e. The van der Waals surface area contributed by atoms with E-state index in [4.69, 9.17) is 10.5 Å². The first-order chi connectivity index (χ1) is 7.48. The lowest BCUT2D eigenvalue weighted by Gasteiger charge is -2.30. The Labute approximate surface area is 93.6 Å². The van der Waals surface area contributed by atoms with E-state index in [2.05, 4.69) is 0 Å². The summed E-state index contributed by atoms with van der Waals surface area (Å²) in [5, 5.41) is 0. The summed E-state index contributed by atoms with van der Waals surface area (Å²) in [6, 6.07) is 0. The lowest BCUT2D eigenvalue weighted by atomic mass is 10.1. The van der Waals surface area contributed by atoms with E-state index in [0.29, 0.717) is 26.0 Å². The minimum absolute atomic E-state index is 0.0762. The maximum absolute atomic E-state index is 12.2. The van der Waals surface area contributed by atoms with Gasteiger partial charge in [-0.2, -0.15) is 13.1 Å². The summed E-state index contributed by atoms with van der Waals surface area (Å²) in [6.45, 7) is 0.978. The molecule has 0 spiro atoms. The average Bonchev–Trinajstić information content (AvgIpc) is 2.26. The van der Waals surface area contributed by atoms with E-state index >= 15 is 0 Å². The minimum atomic E-state index is -4.42. The molecule has 8 heteroatoms. The number of piperidine rings is 1. The van der Waals surface area contributed by atoms with Gasteiger partial charge in [0.15, 0.2) is 0 Å². The largest absolute Gasteiger partial charge is 0.377 e. The van der Waals surface area contributed by atoms with Crippen LogP contribution in [0.25, 0.3) is 0 Å². The van der Waals surface area contributed by atoms with Crippen molar-refractivity contribution >= 4 is 10.0 Å². The molecule has 0 saturated carbocycles. The normalized spacial score (nSPS) is 20.5. The summed E-state index contributed by atoms with van der Waals surface area (Å²) < 4.78 is 52.8. The molecule has 0 aliphatic carbocycles. The summed E-state index contributed by atoms with van der Waals surface area (Å²) in [7, 11) is -4.42. The topological polar surface area (TPSA) is 72.6 Å². The van der Waals surface area contributed by atoms with E-state index in [0.717, 1.165) is 4.31 Å². The fraction of sp³-hybridized carbons (Fsp3) is 1.00. The fourth-order valence-corrected chi connectivity index (χ4v) is 2.55. The van der Waals surface area contributed by atoms with Crippen LogP contribution in [0.2, 0.25) is 0 Å². The van der Waals surface area contributed by atoms with E-state index in [-0.39, 0.29) is 19.2 Å². The van der Waals surface area contributed by atoms with E-state index in [1.54, 1.807) is 0 Å². The number of rotatable bonds is 5. The van der Waals surface area contributed by atoms with Crippen molar-refractivity contribution in [2.75, 3.05) is 26.2 Å². The summed E-state index contributed by atoms with van der Waals surface area (Å²) in [4.78, 5) is 0. The number of ether oxygens (including phenoxy) is 1. The predicted molar refractivity (Wildman–Crippen MR) is 54.5 cm³/mol. The molecule has 1 rings (SSSR count). The van der Waals surface area contributed by atoms with Crippen LogP contribution in [0.4, 0.5) is 8.78 Å². The van der Waals surface area contributed by atoms with Gasteiger partial charge in [-0.15, -0.1) is 0 Å². The molecule has 0 radical (unpaired) electrons. The minimum Gasteiger partial charge on any atom is -0.377 e. The standard InChI is InChI=1S/C8H16F2N2O3S/c9-8(10)16(13,14)12-4-1-7(2-5-12)15-6-3-11/h7-8H,1-6,11H2. The average molecular weight is 258 g/mol. The first-order valence-corrected chi connectivity index (χ1v) is 6.57. The molecule has 16 heavy (non-hydrogen) atoms. The Morgan fingerprint density at radius 2 is 1.94 bits per heavy atom. The van der Waals surface area contributed by atoms with E-state index in [1.165, 1.54) is 0 Å². The van der Waals surface area contributed by atoms with E-state index < -0.39 is 15.8 Å². The van der Waals surface area contributed by atoms with Gasteiger partial charge in [-0.1, -0.05) is 0 Å². The number of nitrogens with zero attached hydrogens (tertiary/aromatic N) is 1. The molecule has 1 aliphatic rings. The van der Waals surface area contributed by atoms with Gasteiger partial charge in [-0.05, 0) is 12.8 Å². The molecule has 96 valence electrons. The van der Waals surface area contributed by atoms with Crippen LogP contribution < -0.4 is 5.73 Å². The number of nitrogens with two attached hydrogens (primary N) is 1. The van der Waals surface area contributed by atoms with Crippen LogP contribution in [-0.2, 0) is 14.8 Å². The molecule has 0 aromatic carbocycles. The van der Waals surface area contributed by atoms with Gasteiger partial charge in [0.1, 0.15) is 0 Å². The highest BCUT2D eigenvalue weighted by molar-refractivity contribution is 7.89. The third-order valence-electron chi connectivity index (χ3n) is 2.46. The van der Waals surface area contributed by atoms with Crippen LogP contribution in [0.5, 0.6) is 0 Å². The Morgan fingerprint density at radius 1 is 1.38 bits per heavy atom. The van der Waals surface area contributed by atoms with Crippen molar-refractivity contribution < 1.29 is 21.9 Å². The molecule has 0 bridgehead atoms. The van der Waals surface area contributed by atoms with E-state index in [9.17, 15) is 17.2 Å². The van der Waals surface area contributed by atoms with Crippen molar-refractivity contribution in [3.8, 4) is 0 Å². The van der Waals surface area contributed by atoms with Gasteiger partial charge in [-0.3, -0.25) is 0 Å². The maximum Gasteiger partial charge on any atom is 0.350 e. The zero-order valence-electron chi connectivity index (χ0n) is 8.81. The second kappa shape index (κ2) is 5.85. The zero-order valence-corrected chi connectivity index (χ0v) is 9.63. The molecule has 5 nitrogen and oxygen atoms in total. The van der Waals surface area contributed by atoms with Crippen LogP contribution in [0.1, 0.15) is 12.8 Å². The number of sulfonamides is 1. The first kappa shape index (κ1) is 13.8. The summed E-state index contributed by atoms with van der Waals surface area (Å²) >= 11 is 0. The van der Waals surface area contributed by atoms with Gasteiger partial charge >= 0.3 is 5.76 Å². The lowest BCUT2D eigenvalue weighted by molar-refractivity contribution is 0.0247. The van der Waals surface area contributed by atoms with E-state index in [1.807, 2.05) is 0 Å². The monoisotopic (exact) mass is 258 g/mol. The van der Waals surface area contributed by atoms with Crippen LogP contribution in [-0.4, -0.2) is 50.8 Å². The molecule has 1 heterocycles. The van der Waals surface area contributed by atoms with Crippen molar-refractivity contribution in [2.45, 2.75) is 24.7 Å². The van der Waals surface area contributed by atoms with Crippen LogP contribution in [0.15, 0.2) is 0 Å². The van der Waals surface area contributed by atoms with Gasteiger partial charge in [0.2, 0.25) is 0 Å². The van der Waals surface area contributed by atoms with Crippen molar-refractivity contribution in [1.29, 1.82) is 0 Å². The molecule has 1 saturated heterocycles. The summed E-state index contributed by atoms with van der Waals surface area (Å²) in [6.07, 6.45) is 0.797. The maximum atomic E-state index is 12.2. The highest BCUT2D eigenvalue weighted by Gasteiger charge is 2.34. The predicted octanol–water partition coefficient (Wildman–Crippen LogP) is -0.0215. The van der Waals surface area contributed by atoms with Gasteiger partial charge in [0.25, 0.3) is 10.0 Å².